The van der Waals surface area contributed by atoms with Crippen molar-refractivity contribution >= 4 is 28.7 Å². The molecule has 0 bridgehead atoms. The molecule has 5 rings (SSSR count). The highest BCUT2D eigenvalue weighted by Crippen LogP contribution is 2.25. The zero-order valence-electron chi connectivity index (χ0n) is 15.9. The van der Waals surface area contributed by atoms with Crippen LogP contribution in [-0.4, -0.2) is 56.9 Å². The molecule has 1 atom stereocenters. The molecule has 1 saturated heterocycles. The number of para-hydroxylation sites is 1. The molecule has 1 fully saturated rings. The second-order valence-electron chi connectivity index (χ2n) is 7.33. The minimum Gasteiger partial charge on any atom is -0.380 e. The Hall–Kier alpha value is -2.84. The first-order chi connectivity index (χ1) is 13.7. The number of anilines is 1. The van der Waals surface area contributed by atoms with Crippen molar-refractivity contribution in [2.45, 2.75) is 32.0 Å². The SMILES string of the molecule is COCc1cccc2c1nc(N)n1nc(CN3CCC4=CCC=NC4C3)nc21. The Morgan fingerprint density at radius 3 is 3.11 bits per heavy atom. The number of rotatable bonds is 4. The maximum Gasteiger partial charge on any atom is 0.223 e. The van der Waals surface area contributed by atoms with E-state index in [-0.39, 0.29) is 6.04 Å². The zero-order valence-corrected chi connectivity index (χ0v) is 15.9. The monoisotopic (exact) mass is 377 g/mol. The van der Waals surface area contributed by atoms with Gasteiger partial charge in [0.15, 0.2) is 11.5 Å². The highest BCUT2D eigenvalue weighted by atomic mass is 16.5. The van der Waals surface area contributed by atoms with E-state index in [1.165, 1.54) is 5.57 Å². The topological polar surface area (TPSA) is 93.9 Å². The standard InChI is InChI=1S/C20H23N7O/c1-28-12-14-4-2-6-15-18(14)24-20(21)27-19(15)23-17(25-27)11-26-9-7-13-5-3-8-22-16(13)10-26/h2,4-6,8,16H,3,7,9-12H2,1H3,(H2,21,24). The van der Waals surface area contributed by atoms with Crippen LogP contribution in [0.2, 0.25) is 0 Å². The molecule has 28 heavy (non-hydrogen) atoms. The molecule has 1 aromatic carbocycles. The predicted octanol–water partition coefficient (Wildman–Crippen LogP) is 1.98. The minimum absolute atomic E-state index is 0.281. The van der Waals surface area contributed by atoms with Gasteiger partial charge in [0.25, 0.3) is 0 Å². The van der Waals surface area contributed by atoms with Crippen LogP contribution >= 0.6 is 0 Å². The van der Waals surface area contributed by atoms with Gasteiger partial charge in [0.2, 0.25) is 5.95 Å². The molecule has 2 aliphatic heterocycles. The van der Waals surface area contributed by atoms with Crippen LogP contribution in [0.4, 0.5) is 5.95 Å². The van der Waals surface area contributed by atoms with Crippen molar-refractivity contribution in [2.75, 3.05) is 25.9 Å². The number of hydrogen-bond acceptors (Lipinski definition) is 7. The van der Waals surface area contributed by atoms with Crippen LogP contribution in [0.5, 0.6) is 0 Å². The minimum atomic E-state index is 0.281. The van der Waals surface area contributed by atoms with Crippen LogP contribution in [0.3, 0.4) is 0 Å². The van der Waals surface area contributed by atoms with Gasteiger partial charge in [0.1, 0.15) is 0 Å². The Morgan fingerprint density at radius 1 is 1.29 bits per heavy atom. The first-order valence-electron chi connectivity index (χ1n) is 9.57. The van der Waals surface area contributed by atoms with E-state index >= 15 is 0 Å². The second kappa shape index (κ2) is 6.96. The highest BCUT2D eigenvalue weighted by molar-refractivity contribution is 5.94. The summed E-state index contributed by atoms with van der Waals surface area (Å²) in [6.45, 7) is 3.07. The van der Waals surface area contributed by atoms with Crippen molar-refractivity contribution in [3.63, 3.8) is 0 Å². The van der Waals surface area contributed by atoms with Crippen molar-refractivity contribution in [3.8, 4) is 0 Å². The van der Waals surface area contributed by atoms with Gasteiger partial charge in [-0.25, -0.2) is 9.97 Å². The Labute approximate surface area is 162 Å². The molecule has 0 saturated carbocycles. The molecule has 144 valence electrons. The van der Waals surface area contributed by atoms with E-state index in [9.17, 15) is 0 Å². The number of aliphatic imine (C=N–C) groups is 1. The number of piperidine rings is 1. The molecule has 2 aromatic heterocycles. The van der Waals surface area contributed by atoms with Crippen LogP contribution in [0.25, 0.3) is 16.6 Å². The summed E-state index contributed by atoms with van der Waals surface area (Å²) in [6.07, 6.45) is 6.35. The van der Waals surface area contributed by atoms with Gasteiger partial charge in [0, 0.05) is 43.8 Å². The third kappa shape index (κ3) is 2.94. The van der Waals surface area contributed by atoms with Crippen LogP contribution < -0.4 is 5.73 Å². The van der Waals surface area contributed by atoms with Gasteiger partial charge in [0.05, 0.1) is 24.7 Å². The number of nitrogen functional groups attached to an aromatic ring is 1. The van der Waals surface area contributed by atoms with Crippen molar-refractivity contribution in [2.24, 2.45) is 4.99 Å². The summed E-state index contributed by atoms with van der Waals surface area (Å²) in [6, 6.07) is 6.27. The van der Waals surface area contributed by atoms with Crippen LogP contribution in [0, 0.1) is 0 Å². The Bertz CT molecular complexity index is 1100. The number of dihydropyridines is 1. The zero-order chi connectivity index (χ0) is 19.1. The van der Waals surface area contributed by atoms with Crippen molar-refractivity contribution in [1.82, 2.24) is 24.5 Å². The highest BCUT2D eigenvalue weighted by Gasteiger charge is 2.25. The lowest BCUT2D eigenvalue weighted by Gasteiger charge is -2.33. The fraction of sp³-hybridized carbons (Fsp3) is 0.400. The Balaban J connectivity index is 1.48. The van der Waals surface area contributed by atoms with E-state index in [0.29, 0.717) is 19.1 Å². The third-order valence-corrected chi connectivity index (χ3v) is 5.47. The first-order valence-corrected chi connectivity index (χ1v) is 9.57. The summed E-state index contributed by atoms with van der Waals surface area (Å²) >= 11 is 0. The van der Waals surface area contributed by atoms with Crippen molar-refractivity contribution < 1.29 is 4.74 Å². The number of likely N-dealkylation sites (tertiary alicyclic amines) is 1. The maximum atomic E-state index is 6.19. The number of aromatic nitrogens is 4. The maximum absolute atomic E-state index is 6.19. The number of nitrogens with zero attached hydrogens (tertiary/aromatic N) is 6. The van der Waals surface area contributed by atoms with E-state index in [1.807, 2.05) is 24.4 Å². The molecule has 8 heteroatoms. The number of fused-ring (bicyclic) bond motifs is 4. The summed E-state index contributed by atoms with van der Waals surface area (Å²) in [4.78, 5) is 16.4. The Kier molecular flexibility index (Phi) is 4.29. The molecule has 0 spiro atoms. The second-order valence-corrected chi connectivity index (χ2v) is 7.33. The summed E-state index contributed by atoms with van der Waals surface area (Å²) in [7, 11) is 1.67. The molecule has 3 aromatic rings. The van der Waals surface area contributed by atoms with Gasteiger partial charge in [-0.2, -0.15) is 4.52 Å². The van der Waals surface area contributed by atoms with E-state index in [1.54, 1.807) is 11.6 Å². The summed E-state index contributed by atoms with van der Waals surface area (Å²) < 4.78 is 6.93. The summed E-state index contributed by atoms with van der Waals surface area (Å²) in [5.41, 5.74) is 10.2. The largest absolute Gasteiger partial charge is 0.380 e. The van der Waals surface area contributed by atoms with Gasteiger partial charge >= 0.3 is 0 Å². The molecule has 4 heterocycles. The third-order valence-electron chi connectivity index (χ3n) is 5.47. The fourth-order valence-corrected chi connectivity index (χ4v) is 4.12. The van der Waals surface area contributed by atoms with Crippen molar-refractivity contribution in [1.29, 1.82) is 0 Å². The molecule has 0 radical (unpaired) electrons. The van der Waals surface area contributed by atoms with Gasteiger partial charge in [-0.3, -0.25) is 9.89 Å². The van der Waals surface area contributed by atoms with E-state index in [0.717, 1.165) is 53.9 Å². The van der Waals surface area contributed by atoms with Crippen LogP contribution in [0.1, 0.15) is 24.2 Å². The molecule has 0 amide bonds. The lowest BCUT2D eigenvalue weighted by Crippen LogP contribution is -2.39. The fourth-order valence-electron chi connectivity index (χ4n) is 4.12. The van der Waals surface area contributed by atoms with E-state index in [2.05, 4.69) is 26.1 Å². The van der Waals surface area contributed by atoms with Gasteiger partial charge in [-0.1, -0.05) is 18.2 Å². The molecule has 2 aliphatic rings. The number of allylic oxidation sites excluding steroid dienone is 1. The van der Waals surface area contributed by atoms with Crippen LogP contribution in [-0.2, 0) is 17.9 Å². The average molecular weight is 377 g/mol. The Morgan fingerprint density at radius 2 is 2.21 bits per heavy atom. The van der Waals surface area contributed by atoms with E-state index < -0.39 is 0 Å². The number of benzene rings is 1. The summed E-state index contributed by atoms with van der Waals surface area (Å²) in [5.74, 6) is 1.09. The molecule has 8 nitrogen and oxygen atoms in total. The smallest absolute Gasteiger partial charge is 0.223 e. The molecule has 0 aliphatic carbocycles. The number of ether oxygens (including phenoxy) is 1. The van der Waals surface area contributed by atoms with Gasteiger partial charge in [-0.15, -0.1) is 5.10 Å². The molecular formula is C20H23N7O. The quantitative estimate of drug-likeness (QED) is 0.699. The number of nitrogens with two attached hydrogens (primary N) is 1. The lowest BCUT2D eigenvalue weighted by molar-refractivity contribution is 0.186. The molecule has 2 N–H and O–H groups in total. The normalized spacial score (nSPS) is 19.9. The number of hydrogen-bond donors (Lipinski definition) is 1. The molecule has 1 unspecified atom stereocenters. The first kappa shape index (κ1) is 17.3. The van der Waals surface area contributed by atoms with Crippen molar-refractivity contribution in [3.05, 3.63) is 41.2 Å². The number of methoxy groups -OCH3 is 1. The van der Waals surface area contributed by atoms with E-state index in [4.69, 9.17) is 15.5 Å². The van der Waals surface area contributed by atoms with Crippen LogP contribution in [0.15, 0.2) is 34.8 Å². The summed E-state index contributed by atoms with van der Waals surface area (Å²) in [5, 5.41) is 5.56. The average Bonchev–Trinajstić information content (AvgIpc) is 3.13. The van der Waals surface area contributed by atoms with Gasteiger partial charge < -0.3 is 10.5 Å². The van der Waals surface area contributed by atoms with Gasteiger partial charge in [-0.05, 0) is 18.1 Å². The lowest BCUT2D eigenvalue weighted by atomic mass is 9.96. The predicted molar refractivity (Wildman–Crippen MR) is 108 cm³/mol. The molecular weight excluding hydrogens is 354 g/mol.